The first-order chi connectivity index (χ1) is 5.77. The molecule has 0 saturated carbocycles. The molecule has 12 heavy (non-hydrogen) atoms. The molecule has 72 valence electrons. The van der Waals surface area contributed by atoms with E-state index in [-0.39, 0.29) is 0 Å². The molecule has 1 fully saturated rings. The van der Waals surface area contributed by atoms with Gasteiger partial charge in [-0.2, -0.15) is 0 Å². The number of nitrogens with zero attached hydrogens (tertiary/aromatic N) is 2. The van der Waals surface area contributed by atoms with Crippen LogP contribution < -0.4 is 0 Å². The molecule has 0 radical (unpaired) electrons. The zero-order valence-electron chi connectivity index (χ0n) is 7.06. The highest BCUT2D eigenvalue weighted by atomic mass is 33.1. The second kappa shape index (κ2) is 5.15. The molecule has 1 atom stereocenters. The molecule has 0 aromatic carbocycles. The van der Waals surface area contributed by atoms with Gasteiger partial charge in [0.15, 0.2) is 0 Å². The second-order valence-corrected chi connectivity index (χ2v) is 4.82. The molecule has 1 aliphatic rings. The van der Waals surface area contributed by atoms with E-state index in [4.69, 9.17) is 9.68 Å². The van der Waals surface area contributed by atoms with Crippen molar-refractivity contribution in [2.24, 2.45) is 0 Å². The Labute approximate surface area is 77.9 Å². The van der Waals surface area contributed by atoms with Gasteiger partial charge in [-0.25, -0.2) is 4.21 Å². The summed E-state index contributed by atoms with van der Waals surface area (Å²) in [6.07, 6.45) is 0. The predicted molar refractivity (Wildman–Crippen MR) is 47.5 cm³/mol. The quantitative estimate of drug-likeness (QED) is 0.504. The summed E-state index contributed by atoms with van der Waals surface area (Å²) in [6, 6.07) is 0. The summed E-state index contributed by atoms with van der Waals surface area (Å²) in [7, 11) is 0.155. The minimum Gasteiger partial charge on any atom is -0.281 e. The lowest BCUT2D eigenvalue weighted by Crippen LogP contribution is -2.33. The summed E-state index contributed by atoms with van der Waals surface area (Å²) in [5.74, 6) is 0.360. The van der Waals surface area contributed by atoms with E-state index in [1.807, 2.05) is 13.8 Å². The van der Waals surface area contributed by atoms with Crippen LogP contribution in [-0.2, 0) is 19.5 Å². The van der Waals surface area contributed by atoms with Crippen LogP contribution >= 0.6 is 11.0 Å². The summed E-state index contributed by atoms with van der Waals surface area (Å²) < 4.78 is 12.5. The molecule has 1 unspecified atom stereocenters. The third-order valence-electron chi connectivity index (χ3n) is 1.06. The first-order valence-corrected chi connectivity index (χ1v) is 6.29. The summed E-state index contributed by atoms with van der Waals surface area (Å²) in [5, 5.41) is 1.46. The zero-order chi connectivity index (χ0) is 8.97. The van der Waals surface area contributed by atoms with Gasteiger partial charge in [-0.1, -0.05) is 5.17 Å². The smallest absolute Gasteiger partial charge is 0.131 e. The molecule has 0 aliphatic carbocycles. The molecular weight excluding hydrogens is 200 g/mol. The van der Waals surface area contributed by atoms with Crippen molar-refractivity contribution in [2.75, 3.05) is 19.1 Å². The SMILES string of the molecule is CCON1CS(=O)SN1OCC. The van der Waals surface area contributed by atoms with Crippen molar-refractivity contribution in [1.82, 2.24) is 9.75 Å². The highest BCUT2D eigenvalue weighted by Crippen LogP contribution is 2.27. The summed E-state index contributed by atoms with van der Waals surface area (Å²) >= 11 is 0. The van der Waals surface area contributed by atoms with E-state index >= 15 is 0 Å². The minimum absolute atomic E-state index is 0.360. The van der Waals surface area contributed by atoms with Gasteiger partial charge in [0.25, 0.3) is 0 Å². The molecular formula is C5H12N2O3S2. The standard InChI is InChI=1S/C5H12N2O3S2/c1-3-9-6-5-12(8)11-7(6)10-4-2/h3-5H2,1-2H3. The van der Waals surface area contributed by atoms with Crippen LogP contribution in [0.2, 0.25) is 0 Å². The maximum atomic E-state index is 11.0. The van der Waals surface area contributed by atoms with Gasteiger partial charge in [0.1, 0.15) is 15.7 Å². The van der Waals surface area contributed by atoms with Crippen molar-refractivity contribution in [3.05, 3.63) is 0 Å². The van der Waals surface area contributed by atoms with E-state index in [0.29, 0.717) is 19.1 Å². The Morgan fingerprint density at radius 3 is 2.67 bits per heavy atom. The molecule has 1 rings (SSSR count). The fourth-order valence-electron chi connectivity index (χ4n) is 0.699. The van der Waals surface area contributed by atoms with Crippen LogP contribution in [0.4, 0.5) is 0 Å². The summed E-state index contributed by atoms with van der Waals surface area (Å²) in [5.41, 5.74) is 0. The monoisotopic (exact) mass is 212 g/mol. The van der Waals surface area contributed by atoms with Crippen molar-refractivity contribution in [1.29, 1.82) is 0 Å². The number of rotatable bonds is 4. The second-order valence-electron chi connectivity index (χ2n) is 1.93. The van der Waals surface area contributed by atoms with Crippen LogP contribution in [0.25, 0.3) is 0 Å². The number of hydrazine groups is 1. The average Bonchev–Trinajstić information content (AvgIpc) is 2.33. The molecule has 0 aromatic rings. The predicted octanol–water partition coefficient (Wildman–Crippen LogP) is 0.691. The minimum atomic E-state index is -0.967. The number of hydrogen-bond donors (Lipinski definition) is 0. The van der Waals surface area contributed by atoms with E-state index in [1.165, 1.54) is 9.75 Å². The molecule has 0 aromatic heterocycles. The molecule has 0 N–H and O–H groups in total. The Bertz CT molecular complexity index is 153. The van der Waals surface area contributed by atoms with Crippen LogP contribution in [0.5, 0.6) is 0 Å². The van der Waals surface area contributed by atoms with Crippen molar-refractivity contribution in [2.45, 2.75) is 13.8 Å². The molecule has 0 amide bonds. The van der Waals surface area contributed by atoms with Gasteiger partial charge in [-0.3, -0.25) is 9.68 Å². The van der Waals surface area contributed by atoms with Crippen molar-refractivity contribution in [3.8, 4) is 0 Å². The van der Waals surface area contributed by atoms with Crippen molar-refractivity contribution < 1.29 is 13.9 Å². The van der Waals surface area contributed by atoms with Gasteiger partial charge in [0.05, 0.1) is 24.2 Å². The highest BCUT2D eigenvalue weighted by Gasteiger charge is 2.30. The van der Waals surface area contributed by atoms with E-state index in [0.717, 1.165) is 11.0 Å². The Kier molecular flexibility index (Phi) is 4.47. The lowest BCUT2D eigenvalue weighted by Gasteiger charge is -2.21. The van der Waals surface area contributed by atoms with Gasteiger partial charge >= 0.3 is 0 Å². The van der Waals surface area contributed by atoms with Crippen LogP contribution in [0, 0.1) is 0 Å². The van der Waals surface area contributed by atoms with E-state index < -0.39 is 9.83 Å². The molecule has 1 heterocycles. The van der Waals surface area contributed by atoms with Crippen LogP contribution in [0.1, 0.15) is 13.8 Å². The average molecular weight is 212 g/mol. The largest absolute Gasteiger partial charge is 0.281 e. The van der Waals surface area contributed by atoms with Crippen molar-refractivity contribution in [3.63, 3.8) is 0 Å². The fraction of sp³-hybridized carbons (Fsp3) is 1.00. The summed E-state index contributed by atoms with van der Waals surface area (Å²) in [6.45, 7) is 4.82. The van der Waals surface area contributed by atoms with Crippen LogP contribution in [0.15, 0.2) is 0 Å². The van der Waals surface area contributed by atoms with Crippen LogP contribution in [-0.4, -0.2) is 33.0 Å². The van der Waals surface area contributed by atoms with Gasteiger partial charge in [0.2, 0.25) is 0 Å². The Hall–Kier alpha value is 0.340. The van der Waals surface area contributed by atoms with Gasteiger partial charge < -0.3 is 0 Å². The molecule has 0 bridgehead atoms. The van der Waals surface area contributed by atoms with Gasteiger partial charge in [0, 0.05) is 0 Å². The van der Waals surface area contributed by atoms with E-state index in [1.54, 1.807) is 0 Å². The Balaban J connectivity index is 2.41. The van der Waals surface area contributed by atoms with E-state index in [2.05, 4.69) is 0 Å². The maximum absolute atomic E-state index is 11.0. The topological polar surface area (TPSA) is 42.0 Å². The molecule has 5 nitrogen and oxygen atoms in total. The Morgan fingerprint density at radius 1 is 1.42 bits per heavy atom. The third kappa shape index (κ3) is 2.68. The number of hydrogen-bond acceptors (Lipinski definition) is 6. The lowest BCUT2D eigenvalue weighted by molar-refractivity contribution is -0.338. The summed E-state index contributed by atoms with van der Waals surface area (Å²) in [4.78, 5) is 10.3. The normalized spacial score (nSPS) is 26.7. The molecule has 0 spiro atoms. The number of hydroxylamine groups is 1. The third-order valence-corrected chi connectivity index (χ3v) is 3.27. The maximum Gasteiger partial charge on any atom is 0.131 e. The van der Waals surface area contributed by atoms with Gasteiger partial charge in [-0.05, 0) is 18.4 Å². The van der Waals surface area contributed by atoms with Gasteiger partial charge in [-0.15, -0.1) is 0 Å². The Morgan fingerprint density at radius 2 is 2.08 bits per heavy atom. The first kappa shape index (κ1) is 10.4. The molecule has 1 saturated heterocycles. The van der Waals surface area contributed by atoms with E-state index in [9.17, 15) is 4.21 Å². The fourth-order valence-corrected chi connectivity index (χ4v) is 2.84. The van der Waals surface area contributed by atoms with Crippen LogP contribution in [0.3, 0.4) is 0 Å². The zero-order valence-corrected chi connectivity index (χ0v) is 8.69. The molecule has 7 heteroatoms. The first-order valence-electron chi connectivity index (χ1n) is 3.68. The lowest BCUT2D eigenvalue weighted by atomic mass is 10.9. The molecule has 1 aliphatic heterocycles. The highest BCUT2D eigenvalue weighted by molar-refractivity contribution is 8.68. The van der Waals surface area contributed by atoms with Crippen molar-refractivity contribution >= 4 is 20.8 Å².